The van der Waals surface area contributed by atoms with E-state index in [2.05, 4.69) is 9.71 Å². The molecule has 0 aliphatic heterocycles. The Kier molecular flexibility index (Phi) is 4.53. The van der Waals surface area contributed by atoms with E-state index in [1.165, 1.54) is 30.6 Å². The number of hydrogen-bond acceptors (Lipinski definition) is 4. The van der Waals surface area contributed by atoms with Gasteiger partial charge in [-0.1, -0.05) is 12.1 Å². The average molecular weight is 334 g/mol. The maximum atomic E-state index is 12.4. The van der Waals surface area contributed by atoms with Crippen LogP contribution < -0.4 is 4.72 Å². The highest BCUT2D eigenvalue weighted by Gasteiger charge is 2.22. The third-order valence-electron chi connectivity index (χ3n) is 2.90. The molecule has 0 amide bonds. The fraction of sp³-hybridized carbons (Fsp3) is 0.250. The molecule has 2 rings (SSSR count). The standard InChI is InChI=1S/C16H18N2O4S/c1-16(2,3)18-23(21,22)14-6-4-5-11(8-14)12-7-13(15(19)20)10-17-9-12/h4-10,18H,1-3H3,(H,19,20). The number of aromatic nitrogens is 1. The molecule has 122 valence electrons. The summed E-state index contributed by atoms with van der Waals surface area (Å²) in [5, 5.41) is 9.02. The lowest BCUT2D eigenvalue weighted by Gasteiger charge is -2.20. The molecule has 0 saturated heterocycles. The van der Waals surface area contributed by atoms with Gasteiger partial charge in [0.05, 0.1) is 10.5 Å². The van der Waals surface area contributed by atoms with E-state index in [9.17, 15) is 13.2 Å². The van der Waals surface area contributed by atoms with Crippen molar-refractivity contribution in [3.63, 3.8) is 0 Å². The summed E-state index contributed by atoms with van der Waals surface area (Å²) in [6, 6.07) is 7.76. The predicted octanol–water partition coefficient (Wildman–Crippen LogP) is 2.52. The predicted molar refractivity (Wildman–Crippen MR) is 86.7 cm³/mol. The molecule has 1 aromatic carbocycles. The molecule has 0 aliphatic carbocycles. The largest absolute Gasteiger partial charge is 0.478 e. The molecule has 0 bridgehead atoms. The van der Waals surface area contributed by atoms with Crippen LogP contribution in [0.2, 0.25) is 0 Å². The lowest BCUT2D eigenvalue weighted by atomic mass is 10.1. The van der Waals surface area contributed by atoms with E-state index in [1.54, 1.807) is 32.9 Å². The fourth-order valence-electron chi connectivity index (χ4n) is 2.02. The van der Waals surface area contributed by atoms with Gasteiger partial charge in [-0.05, 0) is 44.5 Å². The molecule has 0 radical (unpaired) electrons. The average Bonchev–Trinajstić information content (AvgIpc) is 2.45. The number of nitrogens with one attached hydrogen (secondary N) is 1. The number of pyridine rings is 1. The number of carboxylic acid groups (broad SMARTS) is 1. The molecule has 0 unspecified atom stereocenters. The number of benzene rings is 1. The minimum absolute atomic E-state index is 0.0450. The Labute approximate surface area is 135 Å². The van der Waals surface area contributed by atoms with Crippen LogP contribution in [0, 0.1) is 0 Å². The zero-order chi connectivity index (χ0) is 17.3. The summed E-state index contributed by atoms with van der Waals surface area (Å²) >= 11 is 0. The van der Waals surface area contributed by atoms with Gasteiger partial charge in [0.25, 0.3) is 0 Å². The Morgan fingerprint density at radius 1 is 1.13 bits per heavy atom. The molecular weight excluding hydrogens is 316 g/mol. The highest BCUT2D eigenvalue weighted by atomic mass is 32.2. The van der Waals surface area contributed by atoms with Crippen molar-refractivity contribution in [1.82, 2.24) is 9.71 Å². The first-order chi connectivity index (χ1) is 10.6. The molecule has 0 saturated carbocycles. The summed E-state index contributed by atoms with van der Waals surface area (Å²) in [5.41, 5.74) is 0.568. The summed E-state index contributed by atoms with van der Waals surface area (Å²) in [6.07, 6.45) is 2.74. The minimum Gasteiger partial charge on any atom is -0.478 e. The second-order valence-corrected chi connectivity index (χ2v) is 7.83. The van der Waals surface area contributed by atoms with Gasteiger partial charge >= 0.3 is 5.97 Å². The van der Waals surface area contributed by atoms with E-state index in [4.69, 9.17) is 5.11 Å². The number of nitrogens with zero attached hydrogens (tertiary/aromatic N) is 1. The van der Waals surface area contributed by atoms with E-state index < -0.39 is 21.5 Å². The van der Waals surface area contributed by atoms with Crippen LogP contribution >= 0.6 is 0 Å². The topological polar surface area (TPSA) is 96.4 Å². The quantitative estimate of drug-likeness (QED) is 0.895. The van der Waals surface area contributed by atoms with Crippen LogP contribution in [-0.2, 0) is 10.0 Å². The lowest BCUT2D eigenvalue weighted by Crippen LogP contribution is -2.40. The van der Waals surface area contributed by atoms with Gasteiger partial charge in [-0.2, -0.15) is 0 Å². The maximum Gasteiger partial charge on any atom is 0.337 e. The van der Waals surface area contributed by atoms with Crippen molar-refractivity contribution in [2.24, 2.45) is 0 Å². The molecule has 2 N–H and O–H groups in total. The second kappa shape index (κ2) is 6.10. The molecule has 0 fully saturated rings. The second-order valence-electron chi connectivity index (χ2n) is 6.15. The van der Waals surface area contributed by atoms with Crippen LogP contribution in [0.4, 0.5) is 0 Å². The summed E-state index contributed by atoms with van der Waals surface area (Å²) in [4.78, 5) is 15.0. The third kappa shape index (κ3) is 4.37. The van der Waals surface area contributed by atoms with Gasteiger partial charge in [0.2, 0.25) is 10.0 Å². The van der Waals surface area contributed by atoms with Gasteiger partial charge in [-0.15, -0.1) is 0 Å². The number of carboxylic acids is 1. The van der Waals surface area contributed by atoms with Crippen molar-refractivity contribution in [3.05, 3.63) is 48.3 Å². The number of carbonyl (C=O) groups is 1. The van der Waals surface area contributed by atoms with Crippen LogP contribution in [0.1, 0.15) is 31.1 Å². The van der Waals surface area contributed by atoms with E-state index >= 15 is 0 Å². The monoisotopic (exact) mass is 334 g/mol. The van der Waals surface area contributed by atoms with Crippen molar-refractivity contribution < 1.29 is 18.3 Å². The van der Waals surface area contributed by atoms with Crippen LogP contribution in [0.25, 0.3) is 11.1 Å². The summed E-state index contributed by atoms with van der Waals surface area (Å²) in [5.74, 6) is -1.09. The Morgan fingerprint density at radius 3 is 2.43 bits per heavy atom. The first kappa shape index (κ1) is 17.1. The van der Waals surface area contributed by atoms with Gasteiger partial charge in [0.15, 0.2) is 0 Å². The molecule has 0 aliphatic rings. The highest BCUT2D eigenvalue weighted by molar-refractivity contribution is 7.89. The highest BCUT2D eigenvalue weighted by Crippen LogP contribution is 2.23. The van der Waals surface area contributed by atoms with Crippen LogP contribution in [0.3, 0.4) is 0 Å². The Morgan fingerprint density at radius 2 is 1.83 bits per heavy atom. The molecule has 1 aromatic heterocycles. The summed E-state index contributed by atoms with van der Waals surface area (Å²) in [6.45, 7) is 5.28. The van der Waals surface area contributed by atoms with Crippen LogP contribution in [0.15, 0.2) is 47.6 Å². The van der Waals surface area contributed by atoms with Gasteiger partial charge in [0.1, 0.15) is 0 Å². The molecule has 1 heterocycles. The molecule has 6 nitrogen and oxygen atoms in total. The van der Waals surface area contributed by atoms with Gasteiger partial charge < -0.3 is 5.11 Å². The van der Waals surface area contributed by atoms with Gasteiger partial charge in [0, 0.05) is 23.5 Å². The van der Waals surface area contributed by atoms with Crippen LogP contribution in [0.5, 0.6) is 0 Å². The maximum absolute atomic E-state index is 12.4. The van der Waals surface area contributed by atoms with Crippen LogP contribution in [-0.4, -0.2) is 30.0 Å². The third-order valence-corrected chi connectivity index (χ3v) is 4.66. The first-order valence-corrected chi connectivity index (χ1v) is 8.39. The minimum atomic E-state index is -3.66. The summed E-state index contributed by atoms with van der Waals surface area (Å²) in [7, 11) is -3.66. The lowest BCUT2D eigenvalue weighted by molar-refractivity contribution is 0.0696. The van der Waals surface area contributed by atoms with Gasteiger partial charge in [-0.3, -0.25) is 4.98 Å². The van der Waals surface area contributed by atoms with E-state index in [0.29, 0.717) is 11.1 Å². The Balaban J connectivity index is 2.45. The molecule has 0 spiro atoms. The molecule has 7 heteroatoms. The van der Waals surface area contributed by atoms with Crippen molar-refractivity contribution in [1.29, 1.82) is 0 Å². The normalized spacial score (nSPS) is 12.1. The van der Waals surface area contributed by atoms with E-state index in [0.717, 1.165) is 0 Å². The molecular formula is C16H18N2O4S. The van der Waals surface area contributed by atoms with E-state index in [1.807, 2.05) is 0 Å². The SMILES string of the molecule is CC(C)(C)NS(=O)(=O)c1cccc(-c2cncc(C(=O)O)c2)c1. The Bertz CT molecular complexity index is 839. The van der Waals surface area contributed by atoms with Crippen molar-refractivity contribution in [2.45, 2.75) is 31.2 Å². The van der Waals surface area contributed by atoms with Crippen molar-refractivity contribution in [3.8, 4) is 11.1 Å². The molecule has 2 aromatic rings. The van der Waals surface area contributed by atoms with Gasteiger partial charge in [-0.25, -0.2) is 17.9 Å². The molecule has 0 atom stereocenters. The zero-order valence-corrected chi connectivity index (χ0v) is 13.9. The van der Waals surface area contributed by atoms with Crippen molar-refractivity contribution >= 4 is 16.0 Å². The number of rotatable bonds is 4. The molecule has 23 heavy (non-hydrogen) atoms. The first-order valence-electron chi connectivity index (χ1n) is 6.91. The number of aromatic carboxylic acids is 1. The number of sulfonamides is 1. The van der Waals surface area contributed by atoms with Crippen molar-refractivity contribution in [2.75, 3.05) is 0 Å². The number of hydrogen-bond donors (Lipinski definition) is 2. The Hall–Kier alpha value is -2.25. The fourth-order valence-corrected chi connectivity index (χ4v) is 3.48. The zero-order valence-electron chi connectivity index (χ0n) is 13.1. The summed E-state index contributed by atoms with van der Waals surface area (Å²) < 4.78 is 27.4. The van der Waals surface area contributed by atoms with E-state index in [-0.39, 0.29) is 10.5 Å². The smallest absolute Gasteiger partial charge is 0.337 e.